The first-order valence-electron chi connectivity index (χ1n) is 13.5. The normalized spacial score (nSPS) is 24.7. The zero-order valence-electron chi connectivity index (χ0n) is 21.7. The van der Waals surface area contributed by atoms with Crippen LogP contribution in [0.1, 0.15) is 64.4 Å². The number of hydrogen-bond donors (Lipinski definition) is 2. The van der Waals surface area contributed by atoms with Gasteiger partial charge in [-0.25, -0.2) is 0 Å². The molecule has 1 aromatic rings. The van der Waals surface area contributed by atoms with Crippen LogP contribution in [0.25, 0.3) is 0 Å². The van der Waals surface area contributed by atoms with Gasteiger partial charge in [-0.1, -0.05) is 26.2 Å². The van der Waals surface area contributed by atoms with Crippen molar-refractivity contribution in [3.63, 3.8) is 0 Å². The summed E-state index contributed by atoms with van der Waals surface area (Å²) >= 11 is 0. The third-order valence-electron chi connectivity index (χ3n) is 7.92. The van der Waals surface area contributed by atoms with Gasteiger partial charge in [0.15, 0.2) is 0 Å². The molecule has 3 aliphatic rings. The molecule has 1 heterocycles. The molecule has 2 saturated carbocycles. The summed E-state index contributed by atoms with van der Waals surface area (Å²) in [5.74, 6) is 1.70. The number of carbonyl (C=O) groups excluding carboxylic acids is 2. The minimum atomic E-state index is -0.259. The summed E-state index contributed by atoms with van der Waals surface area (Å²) < 4.78 is 6.62. The molecule has 2 amide bonds. The molecule has 1 aromatic carbocycles. The number of amides is 2. The van der Waals surface area contributed by atoms with E-state index in [-0.39, 0.29) is 48.8 Å². The predicted octanol–water partition coefficient (Wildman–Crippen LogP) is 3.70. The number of fused-ring (bicyclic) bond motifs is 1. The van der Waals surface area contributed by atoms with E-state index in [4.69, 9.17) is 4.74 Å². The fourth-order valence-electron chi connectivity index (χ4n) is 5.51. The smallest absolute Gasteiger partial charge is 0.227 e. The Bertz CT molecular complexity index is 881. The molecule has 194 valence electrons. The minimum absolute atomic E-state index is 0.0230. The monoisotopic (exact) mass is 485 g/mol. The number of benzene rings is 1. The maximum atomic E-state index is 13.3. The summed E-state index contributed by atoms with van der Waals surface area (Å²) in [6, 6.07) is 5.40. The third kappa shape index (κ3) is 6.98. The van der Waals surface area contributed by atoms with Crippen LogP contribution in [0.3, 0.4) is 0 Å². The van der Waals surface area contributed by atoms with Crippen molar-refractivity contribution in [3.8, 4) is 5.75 Å². The van der Waals surface area contributed by atoms with Gasteiger partial charge in [-0.3, -0.25) is 9.59 Å². The summed E-state index contributed by atoms with van der Waals surface area (Å²) in [6.45, 7) is 6.35. The Balaban J connectivity index is 1.55. The largest absolute Gasteiger partial charge is 0.488 e. The van der Waals surface area contributed by atoms with Crippen LogP contribution in [-0.2, 0) is 16.0 Å². The van der Waals surface area contributed by atoms with Crippen LogP contribution in [-0.4, -0.2) is 72.2 Å². The van der Waals surface area contributed by atoms with Gasteiger partial charge >= 0.3 is 0 Å². The molecule has 2 aliphatic carbocycles. The lowest BCUT2D eigenvalue weighted by Crippen LogP contribution is -2.48. The fourth-order valence-corrected chi connectivity index (χ4v) is 5.51. The molecule has 2 N–H and O–H groups in total. The second-order valence-corrected chi connectivity index (χ2v) is 11.2. The van der Waals surface area contributed by atoms with E-state index < -0.39 is 0 Å². The van der Waals surface area contributed by atoms with Crippen molar-refractivity contribution >= 4 is 17.5 Å². The van der Waals surface area contributed by atoms with Crippen LogP contribution in [0, 0.1) is 17.8 Å². The van der Waals surface area contributed by atoms with Crippen molar-refractivity contribution < 1.29 is 19.4 Å². The van der Waals surface area contributed by atoms with Crippen LogP contribution in [0.4, 0.5) is 5.69 Å². The Morgan fingerprint density at radius 3 is 2.63 bits per heavy atom. The number of likely N-dealkylation sites (N-methyl/N-ethyl adjacent to an activating group) is 1. The van der Waals surface area contributed by atoms with Crippen molar-refractivity contribution in [1.82, 2.24) is 9.80 Å². The summed E-state index contributed by atoms with van der Waals surface area (Å²) in [4.78, 5) is 29.8. The topological polar surface area (TPSA) is 82.1 Å². The Morgan fingerprint density at radius 1 is 1.20 bits per heavy atom. The number of aliphatic hydroxyl groups is 1. The van der Waals surface area contributed by atoms with E-state index in [1.807, 2.05) is 25.1 Å². The van der Waals surface area contributed by atoms with Crippen molar-refractivity contribution in [1.29, 1.82) is 0 Å². The Hall–Kier alpha value is -2.12. The first-order valence-corrected chi connectivity index (χ1v) is 13.5. The SMILES string of the molecule is C[C@@H]1CN([C@H](C)CO)C(=O)Cc2cc(NC(=O)C3CC3)ccc2O[C@H]1CN(C)CC1CCCCC1. The van der Waals surface area contributed by atoms with Gasteiger partial charge in [-0.15, -0.1) is 0 Å². The standard InChI is InChI=1S/C28H43N3O4/c1-19-15-31(20(2)18-32)27(33)14-23-13-24(29-28(34)22-9-10-22)11-12-25(23)35-26(19)17-30(3)16-21-7-5-4-6-8-21/h11-13,19-22,26,32H,4-10,14-18H2,1-3H3,(H,29,34)/t19-,20-,26+/m1/s1. The first kappa shape index (κ1) is 26.0. The van der Waals surface area contributed by atoms with Gasteiger partial charge in [0.25, 0.3) is 0 Å². The second-order valence-electron chi connectivity index (χ2n) is 11.2. The molecule has 0 aromatic heterocycles. The molecule has 7 heteroatoms. The second kappa shape index (κ2) is 11.7. The molecule has 2 fully saturated rings. The van der Waals surface area contributed by atoms with E-state index in [0.29, 0.717) is 18.0 Å². The number of hydrogen-bond acceptors (Lipinski definition) is 5. The van der Waals surface area contributed by atoms with Crippen molar-refractivity contribution in [2.45, 2.75) is 77.4 Å². The summed E-state index contributed by atoms with van der Waals surface area (Å²) in [6.07, 6.45) is 8.62. The van der Waals surface area contributed by atoms with Crippen LogP contribution < -0.4 is 10.1 Å². The third-order valence-corrected chi connectivity index (χ3v) is 7.92. The van der Waals surface area contributed by atoms with Gasteiger partial charge < -0.3 is 25.0 Å². The summed E-state index contributed by atoms with van der Waals surface area (Å²) in [5.41, 5.74) is 1.49. The van der Waals surface area contributed by atoms with E-state index in [0.717, 1.165) is 37.4 Å². The van der Waals surface area contributed by atoms with E-state index in [1.54, 1.807) is 4.90 Å². The number of aliphatic hydroxyl groups excluding tert-OH is 1. The van der Waals surface area contributed by atoms with Crippen molar-refractivity contribution in [2.75, 3.05) is 38.6 Å². The quantitative estimate of drug-likeness (QED) is 0.587. The molecule has 0 unspecified atom stereocenters. The highest BCUT2D eigenvalue weighted by Crippen LogP contribution is 2.33. The van der Waals surface area contributed by atoms with Gasteiger partial charge in [0.2, 0.25) is 11.8 Å². The van der Waals surface area contributed by atoms with Gasteiger partial charge in [0.1, 0.15) is 11.9 Å². The van der Waals surface area contributed by atoms with E-state index in [2.05, 4.69) is 24.2 Å². The maximum Gasteiger partial charge on any atom is 0.227 e. The Morgan fingerprint density at radius 2 is 1.94 bits per heavy atom. The van der Waals surface area contributed by atoms with Gasteiger partial charge in [-0.05, 0) is 63.8 Å². The molecule has 1 aliphatic heterocycles. The molecule has 0 bridgehead atoms. The van der Waals surface area contributed by atoms with E-state index >= 15 is 0 Å². The van der Waals surface area contributed by atoms with Crippen LogP contribution >= 0.6 is 0 Å². The number of ether oxygens (including phenoxy) is 1. The molecule has 35 heavy (non-hydrogen) atoms. The average Bonchev–Trinajstić information content (AvgIpc) is 3.68. The van der Waals surface area contributed by atoms with E-state index in [9.17, 15) is 14.7 Å². The molecular weight excluding hydrogens is 442 g/mol. The van der Waals surface area contributed by atoms with Crippen LogP contribution in [0.15, 0.2) is 18.2 Å². The molecule has 0 radical (unpaired) electrons. The number of carbonyl (C=O) groups is 2. The number of nitrogens with one attached hydrogen (secondary N) is 1. The highest BCUT2D eigenvalue weighted by molar-refractivity contribution is 5.94. The Kier molecular flexibility index (Phi) is 8.71. The average molecular weight is 486 g/mol. The van der Waals surface area contributed by atoms with Crippen molar-refractivity contribution in [3.05, 3.63) is 23.8 Å². The summed E-state index contributed by atoms with van der Waals surface area (Å²) in [7, 11) is 2.17. The molecular formula is C28H43N3O4. The lowest BCUT2D eigenvalue weighted by atomic mass is 9.89. The van der Waals surface area contributed by atoms with Gasteiger partial charge in [-0.2, -0.15) is 0 Å². The van der Waals surface area contributed by atoms with E-state index in [1.165, 1.54) is 32.1 Å². The maximum absolute atomic E-state index is 13.3. The number of nitrogens with zero attached hydrogens (tertiary/aromatic N) is 2. The fraction of sp³-hybridized carbons (Fsp3) is 0.714. The zero-order chi connectivity index (χ0) is 24.9. The van der Waals surface area contributed by atoms with Gasteiger partial charge in [0.05, 0.1) is 19.1 Å². The minimum Gasteiger partial charge on any atom is -0.488 e. The lowest BCUT2D eigenvalue weighted by molar-refractivity contribution is -0.134. The highest BCUT2D eigenvalue weighted by Gasteiger charge is 2.32. The van der Waals surface area contributed by atoms with Crippen LogP contribution in [0.5, 0.6) is 5.75 Å². The van der Waals surface area contributed by atoms with Crippen molar-refractivity contribution in [2.24, 2.45) is 17.8 Å². The van der Waals surface area contributed by atoms with Crippen LogP contribution in [0.2, 0.25) is 0 Å². The summed E-state index contributed by atoms with van der Waals surface area (Å²) in [5, 5.41) is 12.8. The number of anilines is 1. The highest BCUT2D eigenvalue weighted by atomic mass is 16.5. The van der Waals surface area contributed by atoms with Gasteiger partial charge in [0, 0.05) is 42.7 Å². The molecule has 3 atom stereocenters. The molecule has 7 nitrogen and oxygen atoms in total. The lowest BCUT2D eigenvalue weighted by Gasteiger charge is -2.35. The number of rotatable bonds is 8. The molecule has 0 saturated heterocycles. The Labute approximate surface area is 210 Å². The molecule has 4 rings (SSSR count). The molecule has 0 spiro atoms. The predicted molar refractivity (Wildman–Crippen MR) is 137 cm³/mol. The zero-order valence-corrected chi connectivity index (χ0v) is 21.7. The first-order chi connectivity index (χ1) is 16.8.